The number of anilines is 1. The first-order chi connectivity index (χ1) is 12.6. The number of carbonyl (C=O) groups excluding carboxylic acids is 2. The van der Waals surface area contributed by atoms with E-state index in [0.717, 1.165) is 44.1 Å². The molecule has 2 N–H and O–H groups in total. The van der Waals surface area contributed by atoms with Crippen molar-refractivity contribution in [2.75, 3.05) is 51.6 Å². The van der Waals surface area contributed by atoms with Crippen molar-refractivity contribution in [2.24, 2.45) is 0 Å². The van der Waals surface area contributed by atoms with Gasteiger partial charge in [0, 0.05) is 45.0 Å². The number of aromatic nitrogens is 2. The van der Waals surface area contributed by atoms with Crippen molar-refractivity contribution in [3.63, 3.8) is 0 Å². The van der Waals surface area contributed by atoms with E-state index in [1.807, 2.05) is 18.2 Å². The van der Waals surface area contributed by atoms with Crippen molar-refractivity contribution < 1.29 is 9.59 Å². The molecule has 0 radical (unpaired) electrons. The number of nitrogens with zero attached hydrogens (tertiary/aromatic N) is 4. The first kappa shape index (κ1) is 18.4. The summed E-state index contributed by atoms with van der Waals surface area (Å²) in [5, 5.41) is 13.6. The van der Waals surface area contributed by atoms with Crippen LogP contribution in [0.4, 0.5) is 5.69 Å². The fourth-order valence-corrected chi connectivity index (χ4v) is 3.24. The predicted octanol–water partition coefficient (Wildman–Crippen LogP) is 0.768. The first-order valence-corrected chi connectivity index (χ1v) is 9.32. The lowest BCUT2D eigenvalue weighted by Gasteiger charge is -2.32. The lowest BCUT2D eigenvalue weighted by Crippen LogP contribution is -2.46. The van der Waals surface area contributed by atoms with Crippen LogP contribution in [0.25, 0.3) is 0 Å². The van der Waals surface area contributed by atoms with Crippen LogP contribution in [-0.2, 0) is 0 Å². The molecule has 8 nitrogen and oxygen atoms in total. The number of benzene rings is 1. The molecule has 9 heteroatoms. The molecule has 138 valence electrons. The van der Waals surface area contributed by atoms with E-state index in [4.69, 9.17) is 0 Å². The summed E-state index contributed by atoms with van der Waals surface area (Å²) >= 11 is 0.988. The zero-order chi connectivity index (χ0) is 18.4. The topological polar surface area (TPSA) is 90.5 Å². The standard InChI is InChI=1S/C17H22N6O2S/c1-22-9-11-23(12-10-22)8-7-18-14(24)16-20-21-17(26-16)15(25)19-13-5-3-2-4-6-13/h2-6H,7-12H2,1H3,(H,18,24)(H,19,25). The molecule has 0 aliphatic carbocycles. The van der Waals surface area contributed by atoms with E-state index in [2.05, 4.69) is 37.7 Å². The number of likely N-dealkylation sites (N-methyl/N-ethyl adjacent to an activating group) is 1. The van der Waals surface area contributed by atoms with Crippen LogP contribution in [0.5, 0.6) is 0 Å². The minimum absolute atomic E-state index is 0.165. The Morgan fingerprint density at radius 1 is 1.04 bits per heavy atom. The number of nitrogens with one attached hydrogen (secondary N) is 2. The van der Waals surface area contributed by atoms with E-state index in [1.54, 1.807) is 12.1 Å². The molecule has 2 heterocycles. The lowest BCUT2D eigenvalue weighted by molar-refractivity contribution is 0.0939. The second-order valence-corrected chi connectivity index (χ2v) is 7.11. The first-order valence-electron chi connectivity index (χ1n) is 8.51. The summed E-state index contributed by atoms with van der Waals surface area (Å²) in [6.45, 7) is 5.46. The van der Waals surface area contributed by atoms with Gasteiger partial charge < -0.3 is 15.5 Å². The predicted molar refractivity (Wildman–Crippen MR) is 101 cm³/mol. The number of para-hydroxylation sites is 1. The van der Waals surface area contributed by atoms with E-state index in [1.165, 1.54) is 0 Å². The quantitative estimate of drug-likeness (QED) is 0.776. The molecule has 1 aliphatic heterocycles. The molecule has 1 aliphatic rings. The third-order valence-electron chi connectivity index (χ3n) is 4.15. The molecule has 0 spiro atoms. The number of rotatable bonds is 6. The summed E-state index contributed by atoms with van der Waals surface area (Å²) in [5.41, 5.74) is 0.672. The Bertz CT molecular complexity index is 743. The lowest BCUT2D eigenvalue weighted by atomic mass is 10.3. The SMILES string of the molecule is CN1CCN(CCNC(=O)c2nnc(C(=O)Nc3ccccc3)s2)CC1. The van der Waals surface area contributed by atoms with Gasteiger partial charge in [-0.15, -0.1) is 10.2 Å². The van der Waals surface area contributed by atoms with Gasteiger partial charge in [-0.05, 0) is 19.2 Å². The number of carbonyl (C=O) groups is 2. The van der Waals surface area contributed by atoms with E-state index in [0.29, 0.717) is 12.2 Å². The summed E-state index contributed by atoms with van der Waals surface area (Å²) in [5.74, 6) is -0.666. The molecule has 3 rings (SSSR count). The maximum absolute atomic E-state index is 12.2. The summed E-state index contributed by atoms with van der Waals surface area (Å²) < 4.78 is 0. The van der Waals surface area contributed by atoms with Crippen LogP contribution in [0.3, 0.4) is 0 Å². The molecule has 1 aromatic heterocycles. The van der Waals surface area contributed by atoms with Gasteiger partial charge in [0.25, 0.3) is 11.8 Å². The van der Waals surface area contributed by atoms with Gasteiger partial charge in [0.05, 0.1) is 0 Å². The highest BCUT2D eigenvalue weighted by molar-refractivity contribution is 7.15. The monoisotopic (exact) mass is 374 g/mol. The Kier molecular flexibility index (Phi) is 6.26. The molecule has 2 amide bonds. The molecule has 1 saturated heterocycles. The molecule has 0 saturated carbocycles. The van der Waals surface area contributed by atoms with Crippen molar-refractivity contribution in [3.8, 4) is 0 Å². The minimum atomic E-state index is -0.370. The van der Waals surface area contributed by atoms with Crippen molar-refractivity contribution in [1.29, 1.82) is 0 Å². The number of hydrogen-bond acceptors (Lipinski definition) is 7. The van der Waals surface area contributed by atoms with Gasteiger partial charge in [-0.25, -0.2) is 0 Å². The smallest absolute Gasteiger partial charge is 0.286 e. The Morgan fingerprint density at radius 2 is 1.69 bits per heavy atom. The third-order valence-corrected chi connectivity index (χ3v) is 5.08. The highest BCUT2D eigenvalue weighted by atomic mass is 32.1. The largest absolute Gasteiger partial charge is 0.349 e. The van der Waals surface area contributed by atoms with E-state index in [9.17, 15) is 9.59 Å². The highest BCUT2D eigenvalue weighted by Crippen LogP contribution is 2.13. The van der Waals surface area contributed by atoms with Gasteiger partial charge >= 0.3 is 0 Å². The van der Waals surface area contributed by atoms with Crippen molar-refractivity contribution in [1.82, 2.24) is 25.3 Å². The maximum atomic E-state index is 12.2. The number of amides is 2. The number of hydrogen-bond donors (Lipinski definition) is 2. The van der Waals surface area contributed by atoms with E-state index in [-0.39, 0.29) is 21.8 Å². The Hall–Kier alpha value is -2.36. The van der Waals surface area contributed by atoms with Crippen molar-refractivity contribution >= 4 is 28.8 Å². The molecule has 2 aromatic rings. The van der Waals surface area contributed by atoms with Crippen LogP contribution in [0, 0.1) is 0 Å². The van der Waals surface area contributed by atoms with Gasteiger partial charge in [0.1, 0.15) is 0 Å². The van der Waals surface area contributed by atoms with Gasteiger partial charge in [0.15, 0.2) is 0 Å². The molecule has 1 aromatic carbocycles. The molecule has 26 heavy (non-hydrogen) atoms. The summed E-state index contributed by atoms with van der Waals surface area (Å²) in [6.07, 6.45) is 0. The van der Waals surface area contributed by atoms with Gasteiger partial charge in [-0.3, -0.25) is 14.5 Å². The van der Waals surface area contributed by atoms with Crippen LogP contribution in [0.15, 0.2) is 30.3 Å². The van der Waals surface area contributed by atoms with E-state index < -0.39 is 0 Å². The fourth-order valence-electron chi connectivity index (χ4n) is 2.59. The normalized spacial score (nSPS) is 15.6. The van der Waals surface area contributed by atoms with Crippen LogP contribution in [-0.4, -0.2) is 78.1 Å². The van der Waals surface area contributed by atoms with Crippen LogP contribution < -0.4 is 10.6 Å². The Balaban J connectivity index is 1.46. The highest BCUT2D eigenvalue weighted by Gasteiger charge is 2.18. The zero-order valence-corrected chi connectivity index (χ0v) is 15.5. The molecular formula is C17H22N6O2S. The molecular weight excluding hydrogens is 352 g/mol. The summed E-state index contributed by atoms with van der Waals surface area (Å²) in [6, 6.07) is 9.09. The molecule has 0 atom stereocenters. The second-order valence-electron chi connectivity index (χ2n) is 6.13. The van der Waals surface area contributed by atoms with Crippen LogP contribution >= 0.6 is 11.3 Å². The van der Waals surface area contributed by atoms with Crippen LogP contribution in [0.2, 0.25) is 0 Å². The summed E-state index contributed by atoms with van der Waals surface area (Å²) in [7, 11) is 2.11. The van der Waals surface area contributed by atoms with Crippen molar-refractivity contribution in [3.05, 3.63) is 40.3 Å². The maximum Gasteiger partial charge on any atom is 0.286 e. The molecule has 0 bridgehead atoms. The molecule has 0 unspecified atom stereocenters. The second kappa shape index (κ2) is 8.84. The molecule has 1 fully saturated rings. The van der Waals surface area contributed by atoms with Gasteiger partial charge in [0.2, 0.25) is 10.0 Å². The van der Waals surface area contributed by atoms with Crippen molar-refractivity contribution in [2.45, 2.75) is 0 Å². The Labute approximate surface area is 156 Å². The van der Waals surface area contributed by atoms with Gasteiger partial charge in [-0.1, -0.05) is 29.5 Å². The minimum Gasteiger partial charge on any atom is -0.349 e. The number of piperazine rings is 1. The zero-order valence-electron chi connectivity index (χ0n) is 14.6. The summed E-state index contributed by atoms with van der Waals surface area (Å²) in [4.78, 5) is 28.9. The average molecular weight is 374 g/mol. The average Bonchev–Trinajstić information content (AvgIpc) is 3.15. The Morgan fingerprint density at radius 3 is 2.38 bits per heavy atom. The van der Waals surface area contributed by atoms with Crippen LogP contribution in [0.1, 0.15) is 19.6 Å². The van der Waals surface area contributed by atoms with E-state index >= 15 is 0 Å². The third kappa shape index (κ3) is 5.07. The fraction of sp³-hybridized carbons (Fsp3) is 0.412. The van der Waals surface area contributed by atoms with Gasteiger partial charge in [-0.2, -0.15) is 0 Å².